The van der Waals surface area contributed by atoms with Crippen molar-refractivity contribution in [1.29, 1.82) is 0 Å². The number of nitrogens with zero attached hydrogens (tertiary/aromatic N) is 1. The van der Waals surface area contributed by atoms with Gasteiger partial charge in [-0.15, -0.1) is 0 Å². The fourth-order valence-corrected chi connectivity index (χ4v) is 5.26. The molecule has 1 fully saturated rings. The van der Waals surface area contributed by atoms with Gasteiger partial charge in [0, 0.05) is 19.1 Å². The lowest BCUT2D eigenvalue weighted by molar-refractivity contribution is 0.249. The second kappa shape index (κ2) is 6.42. The normalized spacial score (nSPS) is 20.7. The van der Waals surface area contributed by atoms with Crippen LogP contribution < -0.4 is 5.32 Å². The van der Waals surface area contributed by atoms with E-state index in [1.807, 2.05) is 7.05 Å². The molecule has 1 unspecified atom stereocenters. The Morgan fingerprint density at radius 1 is 1.29 bits per heavy atom. The van der Waals surface area contributed by atoms with E-state index in [1.165, 1.54) is 12.1 Å². The Morgan fingerprint density at radius 2 is 1.90 bits per heavy atom. The zero-order chi connectivity index (χ0) is 15.6. The Bertz CT molecular complexity index is 591. The molecule has 4 nitrogen and oxygen atoms in total. The van der Waals surface area contributed by atoms with Crippen molar-refractivity contribution in [3.8, 4) is 0 Å². The number of likely N-dealkylation sites (N-methyl/N-ethyl adjacent to an activating group) is 1. The number of nitrogens with one attached hydrogen (secondary N) is 1. The van der Waals surface area contributed by atoms with Crippen LogP contribution in [0.3, 0.4) is 0 Å². The summed E-state index contributed by atoms with van der Waals surface area (Å²) in [5.74, 6) is -0.394. The van der Waals surface area contributed by atoms with Gasteiger partial charge in [-0.2, -0.15) is 4.31 Å². The smallest absolute Gasteiger partial charge is 0.243 e. The molecule has 1 atom stereocenters. The van der Waals surface area contributed by atoms with E-state index in [0.717, 1.165) is 19.3 Å². The van der Waals surface area contributed by atoms with Crippen molar-refractivity contribution in [2.75, 3.05) is 20.1 Å². The van der Waals surface area contributed by atoms with Crippen molar-refractivity contribution in [2.24, 2.45) is 0 Å². The number of rotatable bonds is 4. The molecule has 6 heteroatoms. The first-order valence-corrected chi connectivity index (χ1v) is 8.75. The average molecular weight is 314 g/mol. The molecule has 2 rings (SSSR count). The maximum absolute atomic E-state index is 13.4. The first-order chi connectivity index (χ1) is 9.87. The molecule has 1 saturated heterocycles. The molecule has 0 aromatic heterocycles. The number of piperidine rings is 1. The maximum Gasteiger partial charge on any atom is 0.243 e. The number of hydrogen-bond donors (Lipinski definition) is 1. The number of halogens is 1. The molecule has 0 amide bonds. The first kappa shape index (κ1) is 16.4. The molecule has 21 heavy (non-hydrogen) atoms. The van der Waals surface area contributed by atoms with Gasteiger partial charge in [0.15, 0.2) is 0 Å². The Kier molecular flexibility index (Phi) is 5.01. The minimum atomic E-state index is -3.58. The summed E-state index contributed by atoms with van der Waals surface area (Å²) < 4.78 is 41.0. The predicted molar refractivity (Wildman–Crippen MR) is 81.3 cm³/mol. The Morgan fingerprint density at radius 3 is 2.48 bits per heavy atom. The van der Waals surface area contributed by atoms with Gasteiger partial charge in [0.2, 0.25) is 10.0 Å². The van der Waals surface area contributed by atoms with E-state index in [2.05, 4.69) is 5.32 Å². The summed E-state index contributed by atoms with van der Waals surface area (Å²) in [6, 6.07) is 2.55. The number of hydrogen-bond acceptors (Lipinski definition) is 3. The summed E-state index contributed by atoms with van der Waals surface area (Å²) >= 11 is 0. The van der Waals surface area contributed by atoms with Crippen molar-refractivity contribution in [3.63, 3.8) is 0 Å². The third-order valence-corrected chi connectivity index (χ3v) is 6.26. The molecule has 1 N–H and O–H groups in total. The fourth-order valence-electron chi connectivity index (χ4n) is 3.15. The van der Waals surface area contributed by atoms with Gasteiger partial charge in [0.05, 0.1) is 4.90 Å². The zero-order valence-electron chi connectivity index (χ0n) is 12.8. The lowest BCUT2D eigenvalue weighted by Crippen LogP contribution is -2.48. The predicted octanol–water partition coefficient (Wildman–Crippen LogP) is 2.21. The van der Waals surface area contributed by atoms with Gasteiger partial charge in [0.1, 0.15) is 5.82 Å². The van der Waals surface area contributed by atoms with Crippen LogP contribution in [-0.4, -0.2) is 38.9 Å². The van der Waals surface area contributed by atoms with Crippen molar-refractivity contribution >= 4 is 10.0 Å². The van der Waals surface area contributed by atoms with Crippen LogP contribution in [0, 0.1) is 19.7 Å². The molecule has 0 bridgehead atoms. The van der Waals surface area contributed by atoms with Gasteiger partial charge in [-0.3, -0.25) is 0 Å². The van der Waals surface area contributed by atoms with E-state index in [-0.39, 0.29) is 10.9 Å². The third-order valence-electron chi connectivity index (χ3n) is 4.00. The van der Waals surface area contributed by atoms with Crippen LogP contribution in [0.1, 0.15) is 30.4 Å². The molecule has 0 aliphatic carbocycles. The van der Waals surface area contributed by atoms with Crippen LogP contribution in [0.15, 0.2) is 17.0 Å². The topological polar surface area (TPSA) is 49.4 Å². The Hall–Kier alpha value is -0.980. The highest BCUT2D eigenvalue weighted by Gasteiger charge is 2.34. The third kappa shape index (κ3) is 3.27. The van der Waals surface area contributed by atoms with E-state index < -0.39 is 15.8 Å². The van der Waals surface area contributed by atoms with Gasteiger partial charge in [-0.25, -0.2) is 12.8 Å². The summed E-state index contributed by atoms with van der Waals surface area (Å²) in [4.78, 5) is 0.256. The van der Waals surface area contributed by atoms with Crippen molar-refractivity contribution in [1.82, 2.24) is 9.62 Å². The molecular formula is C15H23FN2O2S. The van der Waals surface area contributed by atoms with Gasteiger partial charge < -0.3 is 5.32 Å². The van der Waals surface area contributed by atoms with E-state index in [1.54, 1.807) is 18.2 Å². The van der Waals surface area contributed by atoms with Gasteiger partial charge in [-0.1, -0.05) is 6.42 Å². The van der Waals surface area contributed by atoms with Gasteiger partial charge in [0.25, 0.3) is 0 Å². The molecule has 0 spiro atoms. The second-order valence-corrected chi connectivity index (χ2v) is 7.52. The number of sulfonamides is 1. The molecule has 1 aromatic rings. The monoisotopic (exact) mass is 314 g/mol. The van der Waals surface area contributed by atoms with Crippen LogP contribution in [0.25, 0.3) is 0 Å². The highest BCUT2D eigenvalue weighted by atomic mass is 32.2. The lowest BCUT2D eigenvalue weighted by Gasteiger charge is -2.35. The molecule has 1 aliphatic heterocycles. The largest absolute Gasteiger partial charge is 0.318 e. The van der Waals surface area contributed by atoms with E-state index >= 15 is 0 Å². The van der Waals surface area contributed by atoms with E-state index in [4.69, 9.17) is 0 Å². The SMILES string of the molecule is CNCC1CCCCN1S(=O)(=O)c1c(C)cc(F)cc1C. The van der Waals surface area contributed by atoms with Crippen LogP contribution in [0.4, 0.5) is 4.39 Å². The molecule has 1 heterocycles. The molecule has 0 radical (unpaired) electrons. The average Bonchev–Trinajstić information content (AvgIpc) is 2.37. The molecule has 1 aromatic carbocycles. The molecular weight excluding hydrogens is 291 g/mol. The standard InChI is InChI=1S/C15H23FN2O2S/c1-11-8-13(16)9-12(2)15(11)21(19,20)18-7-5-4-6-14(18)10-17-3/h8-9,14,17H,4-7,10H2,1-3H3. The van der Waals surface area contributed by atoms with E-state index in [9.17, 15) is 12.8 Å². The summed E-state index contributed by atoms with van der Waals surface area (Å²) in [5, 5.41) is 3.06. The van der Waals surface area contributed by atoms with Gasteiger partial charge in [-0.05, 0) is 57.0 Å². The quantitative estimate of drug-likeness (QED) is 0.927. The van der Waals surface area contributed by atoms with Crippen LogP contribution in [-0.2, 0) is 10.0 Å². The highest BCUT2D eigenvalue weighted by Crippen LogP contribution is 2.29. The minimum absolute atomic E-state index is 0.0300. The van der Waals surface area contributed by atoms with Crippen molar-refractivity contribution < 1.29 is 12.8 Å². The summed E-state index contributed by atoms with van der Waals surface area (Å²) in [6.07, 6.45) is 2.78. The number of aryl methyl sites for hydroxylation is 2. The van der Waals surface area contributed by atoms with E-state index in [0.29, 0.717) is 24.2 Å². The summed E-state index contributed by atoms with van der Waals surface area (Å²) in [7, 11) is -1.76. The van der Waals surface area contributed by atoms with Crippen LogP contribution in [0.5, 0.6) is 0 Å². The molecule has 1 aliphatic rings. The maximum atomic E-state index is 13.4. The number of benzene rings is 1. The summed E-state index contributed by atoms with van der Waals surface area (Å²) in [5.41, 5.74) is 0.947. The Labute approximate surface area is 126 Å². The zero-order valence-corrected chi connectivity index (χ0v) is 13.6. The first-order valence-electron chi connectivity index (χ1n) is 7.31. The van der Waals surface area contributed by atoms with Crippen molar-refractivity contribution in [3.05, 3.63) is 29.1 Å². The van der Waals surface area contributed by atoms with Crippen LogP contribution >= 0.6 is 0 Å². The highest BCUT2D eigenvalue weighted by molar-refractivity contribution is 7.89. The Balaban J connectivity index is 2.45. The summed E-state index contributed by atoms with van der Waals surface area (Å²) in [6.45, 7) is 4.48. The van der Waals surface area contributed by atoms with Crippen LogP contribution in [0.2, 0.25) is 0 Å². The second-order valence-electron chi connectivity index (χ2n) is 5.69. The van der Waals surface area contributed by atoms with Gasteiger partial charge >= 0.3 is 0 Å². The van der Waals surface area contributed by atoms with Crippen molar-refractivity contribution in [2.45, 2.75) is 44.0 Å². The molecule has 0 saturated carbocycles. The lowest BCUT2D eigenvalue weighted by atomic mass is 10.1. The fraction of sp³-hybridized carbons (Fsp3) is 0.600. The molecule has 118 valence electrons. The minimum Gasteiger partial charge on any atom is -0.318 e.